The Morgan fingerprint density at radius 1 is 1.43 bits per heavy atom. The van der Waals surface area contributed by atoms with Gasteiger partial charge >= 0.3 is 0 Å². The summed E-state index contributed by atoms with van der Waals surface area (Å²) in [5.41, 5.74) is 6.14. The lowest BCUT2D eigenvalue weighted by atomic mass is 10.1. The average Bonchev–Trinajstić information content (AvgIpc) is 3.32. The second kappa shape index (κ2) is 7.70. The molecule has 3 rings (SSSR count). The van der Waals surface area contributed by atoms with Gasteiger partial charge in [-0.2, -0.15) is 0 Å². The zero-order valence-corrected chi connectivity index (χ0v) is 14.0. The Kier molecular flexibility index (Phi) is 5.40. The summed E-state index contributed by atoms with van der Waals surface area (Å²) in [6.07, 6.45) is 9.28. The van der Waals surface area contributed by atoms with Crippen LogP contribution in [0.25, 0.3) is 10.8 Å². The Balaban J connectivity index is 1.71. The largest absolute Gasteiger partial charge is 0.343 e. The van der Waals surface area contributed by atoms with E-state index >= 15 is 0 Å². The van der Waals surface area contributed by atoms with Crippen LogP contribution in [0.3, 0.4) is 0 Å². The van der Waals surface area contributed by atoms with Crippen LogP contribution >= 0.6 is 11.3 Å². The Morgan fingerprint density at radius 3 is 2.96 bits per heavy atom. The van der Waals surface area contributed by atoms with Crippen molar-refractivity contribution in [2.75, 3.05) is 19.6 Å². The van der Waals surface area contributed by atoms with Crippen LogP contribution in [-0.2, 0) is 0 Å². The van der Waals surface area contributed by atoms with Crippen molar-refractivity contribution < 1.29 is 4.79 Å². The van der Waals surface area contributed by atoms with Gasteiger partial charge in [-0.25, -0.2) is 9.97 Å². The fourth-order valence-electron chi connectivity index (χ4n) is 3.09. The van der Waals surface area contributed by atoms with E-state index in [1.165, 1.54) is 37.0 Å². The van der Waals surface area contributed by atoms with Gasteiger partial charge in [0.1, 0.15) is 5.69 Å². The van der Waals surface area contributed by atoms with E-state index in [2.05, 4.69) is 15.0 Å². The molecule has 6 nitrogen and oxygen atoms in total. The first-order valence-corrected chi connectivity index (χ1v) is 9.10. The van der Waals surface area contributed by atoms with Crippen LogP contribution in [0.5, 0.6) is 0 Å². The first-order valence-electron chi connectivity index (χ1n) is 8.22. The molecule has 0 aromatic carbocycles. The molecule has 2 aromatic rings. The number of imidazole rings is 1. The summed E-state index contributed by atoms with van der Waals surface area (Å²) in [7, 11) is 0. The highest BCUT2D eigenvalue weighted by Gasteiger charge is 2.24. The molecule has 0 bridgehead atoms. The lowest BCUT2D eigenvalue weighted by molar-refractivity contribution is 0.0723. The van der Waals surface area contributed by atoms with E-state index in [0.29, 0.717) is 30.5 Å². The van der Waals surface area contributed by atoms with E-state index in [1.54, 1.807) is 12.4 Å². The van der Waals surface area contributed by atoms with Gasteiger partial charge < -0.3 is 15.6 Å². The fourth-order valence-corrected chi connectivity index (χ4v) is 3.84. The maximum atomic E-state index is 12.8. The van der Waals surface area contributed by atoms with E-state index in [1.807, 2.05) is 10.3 Å². The van der Waals surface area contributed by atoms with Crippen LogP contribution in [0, 0.1) is 5.92 Å². The van der Waals surface area contributed by atoms with Gasteiger partial charge in [0.15, 0.2) is 10.8 Å². The second-order valence-corrected chi connectivity index (χ2v) is 6.88. The third-order valence-electron chi connectivity index (χ3n) is 4.30. The highest BCUT2D eigenvalue weighted by Crippen LogP contribution is 2.27. The van der Waals surface area contributed by atoms with Crippen LogP contribution in [0.4, 0.5) is 0 Å². The summed E-state index contributed by atoms with van der Waals surface area (Å²) < 4.78 is 0. The number of H-pyrrole nitrogens is 1. The summed E-state index contributed by atoms with van der Waals surface area (Å²) in [6, 6.07) is 0. The zero-order chi connectivity index (χ0) is 16.1. The minimum Gasteiger partial charge on any atom is -0.343 e. The highest BCUT2D eigenvalue weighted by atomic mass is 32.1. The molecule has 124 valence electrons. The number of carbonyl (C=O) groups excluding carboxylic acids is 1. The smallest absolute Gasteiger partial charge is 0.273 e. The van der Waals surface area contributed by atoms with Crippen LogP contribution in [-0.4, -0.2) is 45.4 Å². The molecule has 0 aliphatic heterocycles. The molecule has 2 aromatic heterocycles. The molecule has 1 aliphatic rings. The number of aromatic amines is 1. The minimum atomic E-state index is 0.0133. The van der Waals surface area contributed by atoms with Gasteiger partial charge in [0.2, 0.25) is 0 Å². The quantitative estimate of drug-likeness (QED) is 0.815. The Hall–Kier alpha value is -1.73. The van der Waals surface area contributed by atoms with Crippen LogP contribution in [0.15, 0.2) is 17.8 Å². The molecule has 0 radical (unpaired) electrons. The van der Waals surface area contributed by atoms with E-state index in [4.69, 9.17) is 5.73 Å². The molecule has 1 saturated carbocycles. The zero-order valence-electron chi connectivity index (χ0n) is 13.2. The van der Waals surface area contributed by atoms with Crippen molar-refractivity contribution in [1.82, 2.24) is 19.9 Å². The van der Waals surface area contributed by atoms with Crippen molar-refractivity contribution in [2.24, 2.45) is 11.7 Å². The molecule has 0 atom stereocenters. The summed E-state index contributed by atoms with van der Waals surface area (Å²) in [5.74, 6) is 1.35. The van der Waals surface area contributed by atoms with Gasteiger partial charge in [-0.1, -0.05) is 12.8 Å². The van der Waals surface area contributed by atoms with E-state index in [9.17, 15) is 4.79 Å². The van der Waals surface area contributed by atoms with Crippen molar-refractivity contribution >= 4 is 17.2 Å². The van der Waals surface area contributed by atoms with Gasteiger partial charge in [-0.3, -0.25) is 4.79 Å². The predicted octanol–water partition coefficient (Wildman–Crippen LogP) is 2.51. The number of rotatable bonds is 7. The number of nitrogens with two attached hydrogens (primary N) is 1. The Labute approximate surface area is 140 Å². The second-order valence-electron chi connectivity index (χ2n) is 6.02. The average molecular weight is 333 g/mol. The van der Waals surface area contributed by atoms with Gasteiger partial charge in [0.05, 0.1) is 0 Å². The molecule has 2 heterocycles. The monoisotopic (exact) mass is 333 g/mol. The maximum Gasteiger partial charge on any atom is 0.273 e. The first kappa shape index (κ1) is 16.1. The van der Waals surface area contributed by atoms with Crippen molar-refractivity contribution in [3.63, 3.8) is 0 Å². The van der Waals surface area contributed by atoms with Gasteiger partial charge in [0.25, 0.3) is 5.91 Å². The standard InChI is InChI=1S/C16H23N5OS/c17-6-3-9-21(10-12-4-1-2-5-12)16(22)13-11-23-15(20-13)14-18-7-8-19-14/h7-8,11-12H,1-6,9-10,17H2,(H,18,19). The Morgan fingerprint density at radius 2 is 2.26 bits per heavy atom. The number of aromatic nitrogens is 3. The summed E-state index contributed by atoms with van der Waals surface area (Å²) in [5, 5.41) is 2.57. The summed E-state index contributed by atoms with van der Waals surface area (Å²) in [4.78, 5) is 26.4. The summed E-state index contributed by atoms with van der Waals surface area (Å²) >= 11 is 1.44. The van der Waals surface area contributed by atoms with E-state index in [-0.39, 0.29) is 5.91 Å². The van der Waals surface area contributed by atoms with Gasteiger partial charge in [-0.15, -0.1) is 11.3 Å². The SMILES string of the molecule is NCCCN(CC1CCCC1)C(=O)c1csc(-c2ncc[nH]2)n1. The lowest BCUT2D eigenvalue weighted by Gasteiger charge is -2.25. The number of thiazole rings is 1. The Bertz CT molecular complexity index is 618. The van der Waals surface area contributed by atoms with Gasteiger partial charge in [0, 0.05) is 30.9 Å². The molecule has 1 fully saturated rings. The van der Waals surface area contributed by atoms with Crippen molar-refractivity contribution in [3.8, 4) is 10.8 Å². The topological polar surface area (TPSA) is 87.9 Å². The first-order chi connectivity index (χ1) is 11.3. The molecule has 1 amide bonds. The van der Waals surface area contributed by atoms with Crippen molar-refractivity contribution in [3.05, 3.63) is 23.5 Å². The number of carbonyl (C=O) groups is 1. The van der Waals surface area contributed by atoms with E-state index < -0.39 is 0 Å². The van der Waals surface area contributed by atoms with Crippen molar-refractivity contribution in [1.29, 1.82) is 0 Å². The normalized spacial score (nSPS) is 15.2. The molecule has 23 heavy (non-hydrogen) atoms. The molecule has 1 aliphatic carbocycles. The highest BCUT2D eigenvalue weighted by molar-refractivity contribution is 7.13. The van der Waals surface area contributed by atoms with Crippen LogP contribution in [0.1, 0.15) is 42.6 Å². The molecule has 7 heteroatoms. The molecular formula is C16H23N5OS. The minimum absolute atomic E-state index is 0.0133. The number of nitrogens with zero attached hydrogens (tertiary/aromatic N) is 3. The lowest BCUT2D eigenvalue weighted by Crippen LogP contribution is -2.36. The molecule has 0 saturated heterocycles. The summed E-state index contributed by atoms with van der Waals surface area (Å²) in [6.45, 7) is 2.13. The molecular weight excluding hydrogens is 310 g/mol. The third-order valence-corrected chi connectivity index (χ3v) is 5.15. The predicted molar refractivity (Wildman–Crippen MR) is 91.2 cm³/mol. The van der Waals surface area contributed by atoms with Crippen LogP contribution in [0.2, 0.25) is 0 Å². The molecule has 0 spiro atoms. The molecule has 3 N–H and O–H groups in total. The van der Waals surface area contributed by atoms with Crippen molar-refractivity contribution in [2.45, 2.75) is 32.1 Å². The number of hydrogen-bond acceptors (Lipinski definition) is 5. The molecule has 0 unspecified atom stereocenters. The third kappa shape index (κ3) is 3.97. The fraction of sp³-hybridized carbons (Fsp3) is 0.562. The number of hydrogen-bond donors (Lipinski definition) is 2. The van der Waals surface area contributed by atoms with Gasteiger partial charge in [-0.05, 0) is 31.7 Å². The van der Waals surface area contributed by atoms with Crippen LogP contribution < -0.4 is 5.73 Å². The van der Waals surface area contributed by atoms with E-state index in [0.717, 1.165) is 18.0 Å². The number of nitrogens with one attached hydrogen (secondary N) is 1. The maximum absolute atomic E-state index is 12.8. The number of amides is 1.